The van der Waals surface area contributed by atoms with E-state index in [0.29, 0.717) is 0 Å². The van der Waals surface area contributed by atoms with Crippen LogP contribution in [0.15, 0.2) is 60.2 Å². The van der Waals surface area contributed by atoms with Gasteiger partial charge >= 0.3 is 169 Å². The molecular weight excluding hydrogens is 831 g/mol. The Morgan fingerprint density at radius 2 is 0.672 bits per heavy atom. The van der Waals surface area contributed by atoms with Gasteiger partial charge in [-0.3, -0.25) is 0 Å². The summed E-state index contributed by atoms with van der Waals surface area (Å²) in [6, 6.07) is 17.5. The Morgan fingerprint density at radius 3 is 1.03 bits per heavy atom. The fourth-order valence-electron chi connectivity index (χ4n) is 8.49. The second-order valence-electron chi connectivity index (χ2n) is 18.4. The van der Waals surface area contributed by atoms with E-state index >= 15 is 0 Å². The first-order chi connectivity index (χ1) is 30.1. The molecule has 0 saturated heterocycles. The van der Waals surface area contributed by atoms with Crippen molar-refractivity contribution in [3.8, 4) is 0 Å². The maximum atomic E-state index is 11.2. The maximum absolute atomic E-state index is 11.2. The first-order valence-corrected chi connectivity index (χ1v) is 28.9. The van der Waals surface area contributed by atoms with Gasteiger partial charge in [0.25, 0.3) is 0 Å². The van der Waals surface area contributed by atoms with Gasteiger partial charge in [-0.1, -0.05) is 104 Å². The Hall–Kier alpha value is -1.82. The molecule has 2 aromatic rings. The van der Waals surface area contributed by atoms with Gasteiger partial charge in [-0.15, -0.1) is 0 Å². The molecule has 0 aromatic heterocycles. The van der Waals surface area contributed by atoms with Crippen LogP contribution in [0.4, 0.5) is 0 Å². The van der Waals surface area contributed by atoms with Gasteiger partial charge in [0.1, 0.15) is 0 Å². The van der Waals surface area contributed by atoms with Crippen LogP contribution >= 0.6 is 0 Å². The molecule has 1 heterocycles. The molecule has 2 aromatic carbocycles. The third-order valence-corrected chi connectivity index (χ3v) is 14.8. The number of benzene rings is 2. The Labute approximate surface area is 389 Å². The number of allylic oxidation sites excluding steroid dienone is 2. The van der Waals surface area contributed by atoms with Crippen LogP contribution in [0.3, 0.4) is 0 Å². The van der Waals surface area contributed by atoms with Crippen LogP contribution in [-0.2, 0) is 30.8 Å². The van der Waals surface area contributed by atoms with Gasteiger partial charge in [0, 0.05) is 22.8 Å². The van der Waals surface area contributed by atoms with Gasteiger partial charge < -0.3 is 5.53 Å². The van der Waals surface area contributed by atoms with Crippen molar-refractivity contribution < 1.29 is 22.7 Å². The third-order valence-electron chi connectivity index (χ3n) is 12.6. The van der Waals surface area contributed by atoms with Gasteiger partial charge in [-0.2, -0.15) is 0 Å². The predicted octanol–water partition coefficient (Wildman–Crippen LogP) is 20.4. The van der Waals surface area contributed by atoms with Crippen molar-refractivity contribution in [3.63, 3.8) is 0 Å². The summed E-state index contributed by atoms with van der Waals surface area (Å²) in [5.41, 5.74) is 19.1. The van der Waals surface area contributed by atoms with E-state index in [9.17, 15) is 5.53 Å². The summed E-state index contributed by atoms with van der Waals surface area (Å²) in [4.78, 5) is 3.09. The van der Waals surface area contributed by atoms with Crippen LogP contribution in [0.25, 0.3) is 16.9 Å². The van der Waals surface area contributed by atoms with Gasteiger partial charge in [-0.05, 0) is 73.9 Å². The number of nitrogens with zero attached hydrogens (tertiary/aromatic N) is 2. The topological polar surface area (TPSA) is 25.3 Å². The second kappa shape index (κ2) is 39.7. The van der Waals surface area contributed by atoms with E-state index in [4.69, 9.17) is 0 Å². The van der Waals surface area contributed by atoms with E-state index in [0.717, 1.165) is 72.6 Å². The van der Waals surface area contributed by atoms with Gasteiger partial charge in [0.05, 0.1) is 0 Å². The van der Waals surface area contributed by atoms with Crippen molar-refractivity contribution in [1.82, 2.24) is 0 Å². The Kier molecular flexibility index (Phi) is 36.0. The zero-order valence-corrected chi connectivity index (χ0v) is 42.6. The van der Waals surface area contributed by atoms with Crippen LogP contribution in [0.1, 0.15) is 269 Å². The van der Waals surface area contributed by atoms with Crippen LogP contribution in [0.5, 0.6) is 0 Å². The Balaban J connectivity index is 0.000000420. The Morgan fingerprint density at radius 1 is 0.361 bits per heavy atom. The molecule has 0 saturated carbocycles. The minimum absolute atomic E-state index is 0.883. The molecule has 0 bridgehead atoms. The van der Waals surface area contributed by atoms with Gasteiger partial charge in [-0.25, -0.2) is 4.70 Å². The minimum Gasteiger partial charge on any atom is -0.0654 e. The van der Waals surface area contributed by atoms with Crippen molar-refractivity contribution in [2.45, 2.75) is 269 Å². The molecule has 0 fully saturated rings. The summed E-state index contributed by atoms with van der Waals surface area (Å²) in [7, 11) is 0. The normalized spacial score (nSPS) is 12.7. The number of aryl methyl sites for hydroxylation is 2. The SMILES string of the molecule is CCCCC1=C(c2ccc(CCCC)cc2)[N+](=[N-])C(c2ccc(CCCC)cc2)=C1.CCCCCCCCCCCCCC[CH2][Pd][CH2]CCCCCCCCCCCCCC. The molecule has 1 aliphatic heterocycles. The molecule has 350 valence electrons. The van der Waals surface area contributed by atoms with E-state index in [1.165, 1.54) is 214 Å². The molecule has 0 atom stereocenters. The molecule has 0 aliphatic carbocycles. The van der Waals surface area contributed by atoms with E-state index in [2.05, 4.69) is 89.2 Å². The second-order valence-corrected chi connectivity index (χ2v) is 20.7. The molecule has 0 unspecified atom stereocenters. The monoisotopic (exact) mass is 929 g/mol. The summed E-state index contributed by atoms with van der Waals surface area (Å²) in [5.74, 6) is 0. The Bertz CT molecular complexity index is 1340. The average molecular weight is 930 g/mol. The number of hydrogen-bond acceptors (Lipinski definition) is 0. The van der Waals surface area contributed by atoms with E-state index < -0.39 is 0 Å². The first kappa shape index (κ1) is 55.3. The smallest absolute Gasteiger partial charge is 0.0654 e. The zero-order valence-electron chi connectivity index (χ0n) is 41.1. The molecule has 0 amide bonds. The zero-order chi connectivity index (χ0) is 43.9. The minimum atomic E-state index is 0.883. The fraction of sp³-hybridized carbons (Fsp3) is 0.724. The van der Waals surface area contributed by atoms with Crippen LogP contribution in [0, 0.1) is 0 Å². The molecule has 3 rings (SSSR count). The quantitative estimate of drug-likeness (QED) is 0.0363. The molecule has 0 N–H and O–H groups in total. The van der Waals surface area contributed by atoms with Crippen LogP contribution in [-0.4, -0.2) is 4.70 Å². The molecule has 1 aliphatic rings. The summed E-state index contributed by atoms with van der Waals surface area (Å²) in [6.07, 6.45) is 51.1. The first-order valence-electron chi connectivity index (χ1n) is 26.7. The van der Waals surface area contributed by atoms with Gasteiger partial charge in [0.15, 0.2) is 0 Å². The van der Waals surface area contributed by atoms with Crippen molar-refractivity contribution in [2.75, 3.05) is 0 Å². The number of hydrogen-bond donors (Lipinski definition) is 0. The van der Waals surface area contributed by atoms with E-state index in [-0.39, 0.29) is 0 Å². The third kappa shape index (κ3) is 27.2. The van der Waals surface area contributed by atoms with Crippen molar-refractivity contribution in [2.24, 2.45) is 0 Å². The standard InChI is InChI=1S/C28H36N2.2C15H31.Pd/c1-4-7-10-22-13-17-24(18-14-22)27-21-26(12-9-6-3)28(30(27)29)25-19-15-23(16-20-25)11-8-5-2;2*1-3-5-7-9-11-13-15-14-12-10-8-6-4-2;/h13-21H,4-12H2,1-3H3;2*1,3-15H2,2H3;. The van der Waals surface area contributed by atoms with E-state index in [1.54, 1.807) is 9.79 Å². The summed E-state index contributed by atoms with van der Waals surface area (Å²) < 4.78 is 1.41. The fourth-order valence-corrected chi connectivity index (χ4v) is 10.4. The number of unbranched alkanes of at least 4 members (excludes halogenated alkanes) is 27. The van der Waals surface area contributed by atoms with Crippen LogP contribution < -0.4 is 0 Å². The predicted molar refractivity (Wildman–Crippen MR) is 269 cm³/mol. The van der Waals surface area contributed by atoms with Crippen molar-refractivity contribution in [3.05, 3.63) is 88.0 Å². The molecular formula is C58H98N2Pd. The molecule has 61 heavy (non-hydrogen) atoms. The van der Waals surface area contributed by atoms with Crippen molar-refractivity contribution in [1.29, 1.82) is 0 Å². The molecule has 0 spiro atoms. The molecule has 3 heteroatoms. The summed E-state index contributed by atoms with van der Waals surface area (Å²) in [5, 5.41) is 0. The average Bonchev–Trinajstić information content (AvgIpc) is 3.62. The van der Waals surface area contributed by atoms with Crippen LogP contribution in [0.2, 0.25) is 9.79 Å². The molecule has 0 radical (unpaired) electrons. The summed E-state index contributed by atoms with van der Waals surface area (Å²) in [6.45, 7) is 11.3. The van der Waals surface area contributed by atoms with Crippen molar-refractivity contribution >= 4 is 11.4 Å². The number of rotatable bonds is 39. The molecule has 2 nitrogen and oxygen atoms in total. The van der Waals surface area contributed by atoms with Gasteiger partial charge in [0.2, 0.25) is 11.4 Å². The summed E-state index contributed by atoms with van der Waals surface area (Å²) >= 11 is 1.06. The van der Waals surface area contributed by atoms with E-state index in [1.807, 2.05) is 0 Å².